The number of ether oxygens (including phenoxy) is 3. The summed E-state index contributed by atoms with van der Waals surface area (Å²) in [5.41, 5.74) is 7.51. The van der Waals surface area contributed by atoms with E-state index in [1.54, 1.807) is 24.1 Å². The van der Waals surface area contributed by atoms with E-state index in [2.05, 4.69) is 47.2 Å². The van der Waals surface area contributed by atoms with Crippen molar-refractivity contribution >= 4 is 17.7 Å². The molecule has 1 saturated heterocycles. The number of carbonyl (C=O) groups is 1. The van der Waals surface area contributed by atoms with E-state index in [0.717, 1.165) is 31.2 Å². The van der Waals surface area contributed by atoms with E-state index in [9.17, 15) is 4.79 Å². The molecule has 0 atom stereocenters. The molecule has 0 spiro atoms. The molecule has 1 amide bonds. The number of rotatable bonds is 10. The second-order valence-corrected chi connectivity index (χ2v) is 10.1. The lowest BCUT2D eigenvalue weighted by molar-refractivity contribution is 0.0800. The first kappa shape index (κ1) is 26.9. The van der Waals surface area contributed by atoms with E-state index in [4.69, 9.17) is 20.5 Å². The predicted molar refractivity (Wildman–Crippen MR) is 141 cm³/mol. The average molecular weight is 550 g/mol. The summed E-state index contributed by atoms with van der Waals surface area (Å²) in [6.45, 7) is 3.52. The molecule has 0 radical (unpaired) electrons. The third kappa shape index (κ3) is 6.45. The Morgan fingerprint density at radius 2 is 2.02 bits per heavy atom. The van der Waals surface area contributed by atoms with Gasteiger partial charge in [0, 0.05) is 37.9 Å². The van der Waals surface area contributed by atoms with Gasteiger partial charge in [-0.15, -0.1) is 5.10 Å². The van der Waals surface area contributed by atoms with Crippen LogP contribution in [0.1, 0.15) is 43.2 Å². The highest BCUT2D eigenvalue weighted by atomic mass is 16.7. The molecule has 0 bridgehead atoms. The van der Waals surface area contributed by atoms with Crippen LogP contribution in [-0.2, 0) is 11.8 Å². The van der Waals surface area contributed by atoms with Crippen LogP contribution in [0, 0.1) is 23.4 Å². The predicted octanol–water partition coefficient (Wildman–Crippen LogP) is 1.30. The van der Waals surface area contributed by atoms with Crippen LogP contribution in [0.25, 0.3) is 11.3 Å². The first-order valence-corrected chi connectivity index (χ1v) is 13.1. The Labute approximate surface area is 230 Å². The van der Waals surface area contributed by atoms with E-state index in [1.165, 1.54) is 6.26 Å². The fourth-order valence-electron chi connectivity index (χ4n) is 4.73. The van der Waals surface area contributed by atoms with Crippen LogP contribution in [0.3, 0.4) is 0 Å². The van der Waals surface area contributed by atoms with Gasteiger partial charge in [0.05, 0.1) is 12.8 Å². The van der Waals surface area contributed by atoms with Gasteiger partial charge in [-0.3, -0.25) is 9.48 Å². The van der Waals surface area contributed by atoms with Crippen molar-refractivity contribution in [3.8, 4) is 29.3 Å². The Morgan fingerprint density at radius 1 is 1.23 bits per heavy atom. The normalized spacial score (nSPS) is 18.9. The lowest BCUT2D eigenvalue weighted by atomic mass is 9.82. The third-order valence-electron chi connectivity index (χ3n) is 6.98. The molecule has 40 heavy (non-hydrogen) atoms. The zero-order valence-corrected chi connectivity index (χ0v) is 22.4. The molecule has 0 unspecified atom stereocenters. The monoisotopic (exact) mass is 549 g/mol. The summed E-state index contributed by atoms with van der Waals surface area (Å²) in [5.74, 6) is 1.57. The Kier molecular flexibility index (Phi) is 8.04. The minimum Gasteiger partial charge on any atom is -0.489 e. The van der Waals surface area contributed by atoms with Crippen molar-refractivity contribution in [2.45, 2.75) is 38.6 Å². The van der Waals surface area contributed by atoms with Crippen LogP contribution in [0.2, 0.25) is 0 Å². The van der Waals surface area contributed by atoms with E-state index in [0.29, 0.717) is 48.8 Å². The van der Waals surface area contributed by atoms with Crippen LogP contribution in [0.15, 0.2) is 18.5 Å². The van der Waals surface area contributed by atoms with Crippen molar-refractivity contribution in [2.75, 3.05) is 37.1 Å². The lowest BCUT2D eigenvalue weighted by Gasteiger charge is -2.33. The molecule has 5 rings (SSSR count). The standard InChI is InChI=1S/C25H31N11O4/c1-15-7-18(8-15)29-23(37)22-30-24(32-25(31-22)40-14-38-13-26)36-5-3-16(4-6-36)12-39-20-9-17(10-28-21(20)27)19-11-35(2)34-33-19/h9-11,15-16,18H,3-8,12,14H2,1-2H3,(H2,27,28)(H,29,37). The van der Waals surface area contributed by atoms with Crippen LogP contribution in [0.5, 0.6) is 11.8 Å². The summed E-state index contributed by atoms with van der Waals surface area (Å²) in [6, 6.07) is 1.85. The van der Waals surface area contributed by atoms with E-state index in [1.807, 2.05) is 11.0 Å². The topological polar surface area (TPSA) is 192 Å². The molecule has 15 nitrogen and oxygen atoms in total. The summed E-state index contributed by atoms with van der Waals surface area (Å²) < 4.78 is 17.6. The van der Waals surface area contributed by atoms with Crippen molar-refractivity contribution in [1.29, 1.82) is 5.26 Å². The number of nitriles is 1. The number of nitrogens with one attached hydrogen (secondary N) is 1. The highest BCUT2D eigenvalue weighted by molar-refractivity contribution is 5.91. The summed E-state index contributed by atoms with van der Waals surface area (Å²) in [7, 11) is 1.80. The summed E-state index contributed by atoms with van der Waals surface area (Å²) in [6.07, 6.45) is 8.42. The quantitative estimate of drug-likeness (QED) is 0.209. The Balaban J connectivity index is 1.20. The van der Waals surface area contributed by atoms with Gasteiger partial charge in [0.2, 0.25) is 18.6 Å². The lowest BCUT2D eigenvalue weighted by Crippen LogP contribution is -2.44. The number of anilines is 2. The maximum absolute atomic E-state index is 12.8. The van der Waals surface area contributed by atoms with Gasteiger partial charge in [-0.25, -0.2) is 4.98 Å². The number of amides is 1. The fraction of sp³-hybridized carbons (Fsp3) is 0.520. The largest absolute Gasteiger partial charge is 0.489 e. The molecule has 1 aliphatic carbocycles. The van der Waals surface area contributed by atoms with Crippen molar-refractivity contribution < 1.29 is 19.0 Å². The number of piperidine rings is 1. The molecule has 2 fully saturated rings. The van der Waals surface area contributed by atoms with Crippen LogP contribution >= 0.6 is 0 Å². The smallest absolute Gasteiger partial charge is 0.324 e. The Hall–Kier alpha value is -4.74. The molecule has 3 aromatic rings. The van der Waals surface area contributed by atoms with E-state index >= 15 is 0 Å². The number of hydrogen-bond acceptors (Lipinski definition) is 13. The number of nitrogens with zero attached hydrogens (tertiary/aromatic N) is 9. The highest BCUT2D eigenvalue weighted by Crippen LogP contribution is 2.29. The van der Waals surface area contributed by atoms with Crippen molar-refractivity contribution in [3.63, 3.8) is 0 Å². The summed E-state index contributed by atoms with van der Waals surface area (Å²) >= 11 is 0. The second kappa shape index (κ2) is 12.0. The molecular formula is C25H31N11O4. The molecule has 210 valence electrons. The van der Waals surface area contributed by atoms with Gasteiger partial charge in [-0.05, 0) is 43.6 Å². The number of carbonyl (C=O) groups excluding carboxylic acids is 1. The summed E-state index contributed by atoms with van der Waals surface area (Å²) in [5, 5.41) is 19.6. The number of nitrogens with two attached hydrogens (primary N) is 1. The average Bonchev–Trinajstić information content (AvgIpc) is 3.38. The van der Waals surface area contributed by atoms with Gasteiger partial charge in [0.15, 0.2) is 11.6 Å². The minimum atomic E-state index is -0.384. The molecule has 2 aliphatic rings. The minimum absolute atomic E-state index is 0.0343. The van der Waals surface area contributed by atoms with Crippen LogP contribution in [-0.4, -0.2) is 73.4 Å². The van der Waals surface area contributed by atoms with Gasteiger partial charge in [-0.1, -0.05) is 12.1 Å². The zero-order valence-electron chi connectivity index (χ0n) is 22.4. The van der Waals surface area contributed by atoms with Gasteiger partial charge < -0.3 is 30.2 Å². The number of pyridine rings is 1. The number of aromatic nitrogens is 7. The second-order valence-electron chi connectivity index (χ2n) is 10.1. The fourth-order valence-corrected chi connectivity index (χ4v) is 4.73. The number of aryl methyl sites for hydroxylation is 1. The molecule has 3 aromatic heterocycles. The highest BCUT2D eigenvalue weighted by Gasteiger charge is 2.29. The zero-order chi connectivity index (χ0) is 28.1. The molecule has 15 heteroatoms. The summed E-state index contributed by atoms with van der Waals surface area (Å²) in [4.78, 5) is 31.9. The first-order valence-electron chi connectivity index (χ1n) is 13.1. The maximum Gasteiger partial charge on any atom is 0.324 e. The van der Waals surface area contributed by atoms with Crippen molar-refractivity contribution in [1.82, 2.24) is 40.2 Å². The van der Waals surface area contributed by atoms with Gasteiger partial charge in [0.1, 0.15) is 5.69 Å². The third-order valence-corrected chi connectivity index (χ3v) is 6.98. The molecule has 1 saturated carbocycles. The molecule has 1 aliphatic heterocycles. The Morgan fingerprint density at radius 3 is 2.73 bits per heavy atom. The number of hydrogen-bond donors (Lipinski definition) is 2. The maximum atomic E-state index is 12.8. The molecule has 3 N–H and O–H groups in total. The van der Waals surface area contributed by atoms with E-state index in [-0.39, 0.29) is 36.5 Å². The molecular weight excluding hydrogens is 518 g/mol. The molecule has 0 aromatic carbocycles. The Bertz CT molecular complexity index is 1380. The number of nitrogen functional groups attached to an aromatic ring is 1. The van der Waals surface area contributed by atoms with Crippen LogP contribution < -0.4 is 25.4 Å². The van der Waals surface area contributed by atoms with Gasteiger partial charge >= 0.3 is 6.01 Å². The first-order chi connectivity index (χ1) is 19.4. The SMILES string of the molecule is CC1CC(NC(=O)c2nc(OCOC#N)nc(N3CCC(COc4cc(-c5cn(C)nn5)cnc4N)CC3)n2)C1. The molecule has 4 heterocycles. The van der Waals surface area contributed by atoms with Crippen molar-refractivity contribution in [2.24, 2.45) is 18.9 Å². The van der Waals surface area contributed by atoms with Gasteiger partial charge in [-0.2, -0.15) is 20.2 Å². The van der Waals surface area contributed by atoms with Crippen molar-refractivity contribution in [3.05, 3.63) is 24.3 Å². The van der Waals surface area contributed by atoms with Gasteiger partial charge in [0.25, 0.3) is 12.2 Å². The van der Waals surface area contributed by atoms with Crippen LogP contribution in [0.4, 0.5) is 11.8 Å². The van der Waals surface area contributed by atoms with E-state index < -0.39 is 0 Å².